The number of rotatable bonds is 16. The van der Waals surface area contributed by atoms with Gasteiger partial charge in [-0.25, -0.2) is 48.1 Å². The van der Waals surface area contributed by atoms with Crippen LogP contribution in [-0.4, -0.2) is 92.3 Å². The number of fused-ring (bicyclic) bond motifs is 2. The Balaban J connectivity index is 0. The average Bonchev–Trinajstić information content (AvgIpc) is 3.80. The maximum absolute atomic E-state index is 13.1. The summed E-state index contributed by atoms with van der Waals surface area (Å²) in [5.74, 6) is 0.867. The number of halogens is 6. The van der Waals surface area contributed by atoms with Crippen molar-refractivity contribution >= 4 is 94.5 Å². The van der Waals surface area contributed by atoms with Gasteiger partial charge in [-0.05, 0) is 53.9 Å². The summed E-state index contributed by atoms with van der Waals surface area (Å²) in [7, 11) is -4.59. The summed E-state index contributed by atoms with van der Waals surface area (Å²) in [4.78, 5) is 32.2. The molecular formula is C39H44Cl2F4K2N8O13S2. The number of nitrogens with one attached hydrogen (secondary N) is 1. The van der Waals surface area contributed by atoms with Crippen molar-refractivity contribution in [2.75, 3.05) is 35.8 Å². The number of benzene rings is 4. The van der Waals surface area contributed by atoms with E-state index in [9.17, 15) is 54.6 Å². The van der Waals surface area contributed by atoms with Crippen molar-refractivity contribution in [2.24, 2.45) is 0 Å². The fraction of sp³-hybridized carbons (Fsp3) is 0.308. The van der Waals surface area contributed by atoms with Gasteiger partial charge in [-0.2, -0.15) is 10.2 Å². The van der Waals surface area contributed by atoms with E-state index in [0.717, 1.165) is 41.1 Å². The van der Waals surface area contributed by atoms with Crippen molar-refractivity contribution in [3.05, 3.63) is 114 Å². The summed E-state index contributed by atoms with van der Waals surface area (Å²) in [6.07, 6.45) is -2.89. The van der Waals surface area contributed by atoms with Crippen LogP contribution in [0.5, 0.6) is 11.5 Å². The number of non-ortho nitro benzene ring substituents is 2. The third-order valence-corrected chi connectivity index (χ3v) is 10.9. The Morgan fingerprint density at radius 2 is 1.16 bits per heavy atom. The summed E-state index contributed by atoms with van der Waals surface area (Å²) in [6, 6.07) is 19.1. The van der Waals surface area contributed by atoms with Crippen molar-refractivity contribution in [3.63, 3.8) is 0 Å². The van der Waals surface area contributed by atoms with E-state index in [1.54, 1.807) is 31.4 Å². The Hall–Kier alpha value is -3.28. The summed E-state index contributed by atoms with van der Waals surface area (Å²) < 4.78 is 114. The first-order valence-corrected chi connectivity index (χ1v) is 23.1. The zero-order chi connectivity index (χ0) is 50.4. The number of hydrogen-bond acceptors (Lipinski definition) is 15. The van der Waals surface area contributed by atoms with E-state index in [0.29, 0.717) is 20.7 Å². The summed E-state index contributed by atoms with van der Waals surface area (Å²) in [5.41, 5.74) is 0.316. The second kappa shape index (κ2) is 30.7. The molecule has 374 valence electrons. The van der Waals surface area contributed by atoms with Gasteiger partial charge >= 0.3 is 103 Å². The van der Waals surface area contributed by atoms with E-state index in [1.807, 2.05) is 16.9 Å². The van der Waals surface area contributed by atoms with Crippen molar-refractivity contribution in [1.29, 1.82) is 0 Å². The fourth-order valence-electron chi connectivity index (χ4n) is 5.86. The quantitative estimate of drug-likeness (QED) is 0.0359. The second-order valence-electron chi connectivity index (χ2n) is 13.3. The van der Waals surface area contributed by atoms with Crippen LogP contribution >= 0.6 is 23.2 Å². The molecule has 0 bridgehead atoms. The van der Waals surface area contributed by atoms with Crippen LogP contribution in [0.4, 0.5) is 40.6 Å². The first-order chi connectivity index (χ1) is 31.4. The molecule has 2 aromatic heterocycles. The van der Waals surface area contributed by atoms with Gasteiger partial charge in [0.05, 0.1) is 63.9 Å². The maximum Gasteiger partial charge on any atom is 1.00 e. The minimum Gasteiger partial charge on any atom is -1.00 e. The number of methoxy groups -OCH3 is 2. The summed E-state index contributed by atoms with van der Waals surface area (Å²) in [6.45, 7) is -0.161. The SMILES string of the molecule is C.CCc1ccc(OC)cc1.COc1ccc(CN(c2nn(CC(F)F)c3c([N+](=O)[O-])ccc(Cl)c23)S(C)(=O)=O)cc1.CS(=O)(=O)Nc1nn(CC(F)F)c2c([N+](=O)[O-])ccc(Cl)c12.O=CO[O-].[H-].[K+].[K+]. The molecule has 0 aliphatic carbocycles. The number of aromatic nitrogens is 4. The molecule has 0 fully saturated rings. The molecule has 70 heavy (non-hydrogen) atoms. The normalized spacial score (nSPS) is 10.7. The summed E-state index contributed by atoms with van der Waals surface area (Å²) >= 11 is 12.1. The molecule has 31 heteroatoms. The van der Waals surface area contributed by atoms with Gasteiger partial charge in [-0.3, -0.25) is 29.7 Å². The van der Waals surface area contributed by atoms with Gasteiger partial charge in [0, 0.05) is 12.1 Å². The largest absolute Gasteiger partial charge is 1.00 e. The zero-order valence-electron chi connectivity index (χ0n) is 38.5. The standard InChI is InChI=1S/C18H17ClF2N4O5S.C10H9ClF2N4O4S.C9H12O.CH2O3.CH4.2K.H/c1-30-12-5-3-11(4-6-12)9-24(31(2,28)29)18-16-13(19)7-8-14(25(26)27)17(16)23(22-18)10-15(20)21;1-22(20,21)15-10-8-5(11)2-3-6(17(18)19)9(8)16(14-10)4-7(12)13;1-3-8-4-6-9(10-2)7-5-8;2-1-4-3;;;;/h3-8,15H,9-10H2,1-2H3;2-3,7H,4H2,1H3,(H,14,15);4-7H,3H2,1-2H3;1,3H;1H4;;;/q;;;;;2*+1;-1/p-1. The number of nitro benzene ring substituents is 2. The molecule has 0 saturated carbocycles. The van der Waals surface area contributed by atoms with Crippen LogP contribution in [0.25, 0.3) is 21.8 Å². The second-order valence-corrected chi connectivity index (χ2v) is 17.8. The zero-order valence-corrected chi connectivity index (χ0v) is 46.9. The van der Waals surface area contributed by atoms with E-state index in [2.05, 4.69) is 34.1 Å². The van der Waals surface area contributed by atoms with Crippen LogP contribution in [0.3, 0.4) is 0 Å². The van der Waals surface area contributed by atoms with Crippen molar-refractivity contribution in [2.45, 2.75) is 53.3 Å². The number of hydrogen-bond donors (Lipinski definition) is 1. The Morgan fingerprint density at radius 3 is 1.51 bits per heavy atom. The fourth-order valence-corrected chi connectivity index (χ4v) is 7.65. The molecule has 1 N–H and O–H groups in total. The van der Waals surface area contributed by atoms with Crippen LogP contribution in [0.15, 0.2) is 72.8 Å². The van der Waals surface area contributed by atoms with E-state index >= 15 is 0 Å². The smallest absolute Gasteiger partial charge is 1.00 e. The minimum atomic E-state index is -3.98. The van der Waals surface area contributed by atoms with Crippen LogP contribution in [0, 0.1) is 20.2 Å². The summed E-state index contributed by atoms with van der Waals surface area (Å²) in [5, 5.41) is 38.3. The first-order valence-electron chi connectivity index (χ1n) is 18.6. The molecule has 6 rings (SSSR count). The van der Waals surface area contributed by atoms with Gasteiger partial charge in [0.25, 0.3) is 30.7 Å². The molecule has 0 spiro atoms. The molecular weight excluding hydrogens is 1080 g/mol. The van der Waals surface area contributed by atoms with Crippen molar-refractivity contribution in [3.8, 4) is 11.5 Å². The number of anilines is 2. The van der Waals surface area contributed by atoms with Crippen molar-refractivity contribution < 1.29 is 173 Å². The van der Waals surface area contributed by atoms with Gasteiger partial charge in [-0.15, -0.1) is 0 Å². The first kappa shape index (κ1) is 66.7. The molecule has 0 atom stereocenters. The maximum atomic E-state index is 13.1. The molecule has 0 radical (unpaired) electrons. The van der Waals surface area contributed by atoms with Crippen LogP contribution in [-0.2, 0) is 55.8 Å². The van der Waals surface area contributed by atoms with Gasteiger partial charge in [0.2, 0.25) is 20.0 Å². The molecule has 0 aliphatic heterocycles. The Morgan fingerprint density at radius 1 is 0.757 bits per heavy atom. The number of aryl methyl sites for hydroxylation is 1. The molecule has 2 heterocycles. The number of nitrogens with zero attached hydrogens (tertiary/aromatic N) is 7. The number of carbonyl (C=O) groups is 1. The molecule has 6 aromatic rings. The van der Waals surface area contributed by atoms with E-state index in [4.69, 9.17) is 42.7 Å². The Bertz CT molecular complexity index is 2890. The van der Waals surface area contributed by atoms with Gasteiger partial charge < -0.3 is 21.0 Å². The van der Waals surface area contributed by atoms with E-state index in [-0.39, 0.29) is 168 Å². The molecule has 4 aromatic carbocycles. The number of alkyl halides is 4. The predicted molar refractivity (Wildman–Crippen MR) is 245 cm³/mol. The number of ether oxygens (including phenoxy) is 2. The Kier molecular flexibility index (Phi) is 29.2. The predicted octanol–water partition coefficient (Wildman–Crippen LogP) is 1.52. The van der Waals surface area contributed by atoms with Crippen LogP contribution in [0.1, 0.15) is 26.9 Å². The van der Waals surface area contributed by atoms with Gasteiger partial charge in [0.15, 0.2) is 11.6 Å². The Labute approximate surface area is 495 Å². The van der Waals surface area contributed by atoms with Crippen LogP contribution < -0.4 is 127 Å². The molecule has 0 aliphatic rings. The van der Waals surface area contributed by atoms with E-state index < -0.39 is 67.2 Å². The van der Waals surface area contributed by atoms with Gasteiger partial charge in [-0.1, -0.05) is 61.8 Å². The third kappa shape index (κ3) is 19.3. The average molecular weight is 1120 g/mol. The topological polar surface area (TPSA) is 273 Å². The molecule has 0 amide bonds. The monoisotopic (exact) mass is 1120 g/mol. The minimum absolute atomic E-state index is 0. The third-order valence-electron chi connectivity index (χ3n) is 8.65. The van der Waals surface area contributed by atoms with E-state index in [1.165, 1.54) is 24.8 Å². The van der Waals surface area contributed by atoms with Crippen LogP contribution in [0.2, 0.25) is 10.0 Å². The molecule has 21 nitrogen and oxygen atoms in total. The number of sulfonamides is 2. The number of nitro groups is 2. The van der Waals surface area contributed by atoms with Crippen molar-refractivity contribution in [1.82, 2.24) is 19.6 Å². The number of carbonyl (C=O) groups excluding carboxylic acids is 1. The molecule has 0 saturated heterocycles. The van der Waals surface area contributed by atoms with Gasteiger partial charge in [0.1, 0.15) is 35.6 Å². The molecule has 0 unspecified atom stereocenters.